The molecule has 1 saturated carbocycles. The van der Waals surface area contributed by atoms with Crippen LogP contribution in [0.3, 0.4) is 0 Å². The Morgan fingerprint density at radius 3 is 2.38 bits per heavy atom. The van der Waals surface area contributed by atoms with Gasteiger partial charge in [-0.1, -0.05) is 0 Å². The number of nitrogens with zero attached hydrogens (tertiary/aromatic N) is 2. The van der Waals surface area contributed by atoms with Gasteiger partial charge in [-0.25, -0.2) is 0 Å². The number of hydrogen-bond donors (Lipinski definition) is 1. The lowest BCUT2D eigenvalue weighted by Gasteiger charge is -2.40. The van der Waals surface area contributed by atoms with E-state index < -0.39 is 0 Å². The summed E-state index contributed by atoms with van der Waals surface area (Å²) in [6, 6.07) is 0.627. The van der Waals surface area contributed by atoms with Crippen LogP contribution in [0.2, 0.25) is 0 Å². The molecule has 1 saturated heterocycles. The van der Waals surface area contributed by atoms with Crippen molar-refractivity contribution in [1.82, 2.24) is 15.1 Å². The number of carbonyl (C=O) groups is 1. The second-order valence-corrected chi connectivity index (χ2v) is 5.44. The maximum atomic E-state index is 12.4. The summed E-state index contributed by atoms with van der Waals surface area (Å²) >= 11 is 0. The summed E-state index contributed by atoms with van der Waals surface area (Å²) in [7, 11) is 2.08. The SMILES string of the molecule is CN(C1CC1)C(C)(C)C(=O)N1CCNCC1. The summed E-state index contributed by atoms with van der Waals surface area (Å²) in [6.07, 6.45) is 2.49. The molecule has 0 unspecified atom stereocenters. The van der Waals surface area contributed by atoms with E-state index in [-0.39, 0.29) is 11.4 Å². The van der Waals surface area contributed by atoms with E-state index in [1.54, 1.807) is 0 Å². The maximum Gasteiger partial charge on any atom is 0.242 e. The first-order chi connectivity index (χ1) is 7.53. The zero-order valence-corrected chi connectivity index (χ0v) is 10.6. The van der Waals surface area contributed by atoms with Crippen LogP contribution in [0.1, 0.15) is 26.7 Å². The van der Waals surface area contributed by atoms with E-state index in [0.29, 0.717) is 6.04 Å². The highest BCUT2D eigenvalue weighted by Crippen LogP contribution is 2.32. The Morgan fingerprint density at radius 2 is 1.88 bits per heavy atom. The Balaban J connectivity index is 2.00. The minimum atomic E-state index is -0.349. The molecule has 0 aromatic carbocycles. The van der Waals surface area contributed by atoms with Crippen LogP contribution in [0.25, 0.3) is 0 Å². The zero-order chi connectivity index (χ0) is 11.8. The van der Waals surface area contributed by atoms with Crippen molar-refractivity contribution in [2.24, 2.45) is 0 Å². The summed E-state index contributed by atoms with van der Waals surface area (Å²) in [6.45, 7) is 7.65. The Kier molecular flexibility index (Phi) is 3.22. The number of nitrogens with one attached hydrogen (secondary N) is 1. The molecule has 1 N–H and O–H groups in total. The van der Waals surface area contributed by atoms with Crippen LogP contribution in [-0.4, -0.2) is 60.5 Å². The van der Waals surface area contributed by atoms with Gasteiger partial charge in [-0.05, 0) is 33.7 Å². The van der Waals surface area contributed by atoms with Gasteiger partial charge in [-0.15, -0.1) is 0 Å². The van der Waals surface area contributed by atoms with Gasteiger partial charge >= 0.3 is 0 Å². The van der Waals surface area contributed by atoms with Crippen molar-refractivity contribution in [1.29, 1.82) is 0 Å². The van der Waals surface area contributed by atoms with Crippen LogP contribution in [0.15, 0.2) is 0 Å². The molecule has 92 valence electrons. The van der Waals surface area contributed by atoms with Gasteiger partial charge in [0, 0.05) is 32.2 Å². The minimum absolute atomic E-state index is 0.281. The molecule has 4 nitrogen and oxygen atoms in total. The fourth-order valence-electron chi connectivity index (χ4n) is 2.32. The van der Waals surface area contributed by atoms with Crippen molar-refractivity contribution < 1.29 is 4.79 Å². The fraction of sp³-hybridized carbons (Fsp3) is 0.917. The summed E-state index contributed by atoms with van der Waals surface area (Å²) in [4.78, 5) is 16.7. The van der Waals surface area contributed by atoms with Gasteiger partial charge in [-0.3, -0.25) is 9.69 Å². The highest BCUT2D eigenvalue weighted by Gasteiger charge is 2.42. The third kappa shape index (κ3) is 2.23. The molecule has 0 aromatic heterocycles. The average molecular weight is 225 g/mol. The third-order valence-corrected chi connectivity index (χ3v) is 3.90. The summed E-state index contributed by atoms with van der Waals surface area (Å²) in [5.74, 6) is 0.281. The van der Waals surface area contributed by atoms with E-state index in [9.17, 15) is 4.79 Å². The molecule has 0 spiro atoms. The quantitative estimate of drug-likeness (QED) is 0.750. The van der Waals surface area contributed by atoms with Gasteiger partial charge in [0.05, 0.1) is 5.54 Å². The molecular formula is C12H23N3O. The molecule has 16 heavy (non-hydrogen) atoms. The summed E-state index contributed by atoms with van der Waals surface area (Å²) in [5, 5.41) is 3.28. The molecular weight excluding hydrogens is 202 g/mol. The zero-order valence-electron chi connectivity index (χ0n) is 10.6. The number of rotatable bonds is 3. The first-order valence-corrected chi connectivity index (χ1v) is 6.26. The lowest BCUT2D eigenvalue weighted by atomic mass is 10.0. The van der Waals surface area contributed by atoms with Crippen LogP contribution in [0.5, 0.6) is 0 Å². The van der Waals surface area contributed by atoms with Crippen molar-refractivity contribution >= 4 is 5.91 Å². The highest BCUT2D eigenvalue weighted by atomic mass is 16.2. The van der Waals surface area contributed by atoms with Gasteiger partial charge in [0.25, 0.3) is 0 Å². The van der Waals surface area contributed by atoms with Crippen molar-refractivity contribution in [3.8, 4) is 0 Å². The number of piperazine rings is 1. The Morgan fingerprint density at radius 1 is 1.31 bits per heavy atom. The van der Waals surface area contributed by atoms with Crippen LogP contribution >= 0.6 is 0 Å². The molecule has 1 aliphatic heterocycles. The van der Waals surface area contributed by atoms with Crippen LogP contribution in [0, 0.1) is 0 Å². The van der Waals surface area contributed by atoms with Crippen LogP contribution in [0.4, 0.5) is 0 Å². The molecule has 4 heteroatoms. The number of hydrogen-bond acceptors (Lipinski definition) is 3. The molecule has 0 atom stereocenters. The van der Waals surface area contributed by atoms with Crippen molar-refractivity contribution in [3.05, 3.63) is 0 Å². The van der Waals surface area contributed by atoms with Gasteiger partial charge < -0.3 is 10.2 Å². The lowest BCUT2D eigenvalue weighted by Crippen LogP contribution is -2.58. The molecule has 0 bridgehead atoms. The summed E-state index contributed by atoms with van der Waals surface area (Å²) in [5.41, 5.74) is -0.349. The fourth-order valence-corrected chi connectivity index (χ4v) is 2.32. The number of amides is 1. The first kappa shape index (κ1) is 11.9. The molecule has 2 aliphatic rings. The van der Waals surface area contributed by atoms with E-state index >= 15 is 0 Å². The molecule has 2 fully saturated rings. The monoisotopic (exact) mass is 225 g/mol. The van der Waals surface area contributed by atoms with Crippen molar-refractivity contribution in [3.63, 3.8) is 0 Å². The topological polar surface area (TPSA) is 35.6 Å². The van der Waals surface area contributed by atoms with E-state index in [1.807, 2.05) is 4.90 Å². The normalized spacial score (nSPS) is 22.6. The average Bonchev–Trinajstić information content (AvgIpc) is 3.12. The Bertz CT molecular complexity index is 267. The Labute approximate surface area is 98.0 Å². The Hall–Kier alpha value is -0.610. The van der Waals surface area contributed by atoms with Crippen LogP contribution in [-0.2, 0) is 4.79 Å². The first-order valence-electron chi connectivity index (χ1n) is 6.26. The molecule has 0 aromatic rings. The van der Waals surface area contributed by atoms with Gasteiger partial charge in [0.1, 0.15) is 0 Å². The molecule has 1 amide bonds. The van der Waals surface area contributed by atoms with Gasteiger partial charge in [-0.2, -0.15) is 0 Å². The van der Waals surface area contributed by atoms with Crippen molar-refractivity contribution in [2.45, 2.75) is 38.3 Å². The lowest BCUT2D eigenvalue weighted by molar-refractivity contribution is -0.142. The van der Waals surface area contributed by atoms with E-state index in [4.69, 9.17) is 0 Å². The second kappa shape index (κ2) is 4.34. The second-order valence-electron chi connectivity index (χ2n) is 5.44. The third-order valence-electron chi connectivity index (χ3n) is 3.90. The largest absolute Gasteiger partial charge is 0.339 e. The molecule has 0 radical (unpaired) electrons. The minimum Gasteiger partial charge on any atom is -0.339 e. The number of carbonyl (C=O) groups excluding carboxylic acids is 1. The smallest absolute Gasteiger partial charge is 0.242 e. The molecule has 1 heterocycles. The van der Waals surface area contributed by atoms with E-state index in [1.165, 1.54) is 12.8 Å². The highest BCUT2D eigenvalue weighted by molar-refractivity contribution is 5.85. The number of likely N-dealkylation sites (N-methyl/N-ethyl adjacent to an activating group) is 1. The standard InChI is InChI=1S/C12H23N3O/c1-12(2,14(3)10-4-5-10)11(16)15-8-6-13-7-9-15/h10,13H,4-9H2,1-3H3. The predicted octanol–water partition coefficient (Wildman–Crippen LogP) is 0.291. The maximum absolute atomic E-state index is 12.4. The van der Waals surface area contributed by atoms with Gasteiger partial charge in [0.2, 0.25) is 5.91 Å². The molecule has 1 aliphatic carbocycles. The predicted molar refractivity (Wildman–Crippen MR) is 64.3 cm³/mol. The van der Waals surface area contributed by atoms with E-state index in [2.05, 4.69) is 31.1 Å². The van der Waals surface area contributed by atoms with Crippen LogP contribution < -0.4 is 5.32 Å². The van der Waals surface area contributed by atoms with Crippen molar-refractivity contribution in [2.75, 3.05) is 33.2 Å². The summed E-state index contributed by atoms with van der Waals surface area (Å²) < 4.78 is 0. The van der Waals surface area contributed by atoms with Gasteiger partial charge in [0.15, 0.2) is 0 Å². The van der Waals surface area contributed by atoms with E-state index in [0.717, 1.165) is 26.2 Å². The molecule has 2 rings (SSSR count).